The number of rotatable bonds is 3. The Bertz CT molecular complexity index is 496. The summed E-state index contributed by atoms with van der Waals surface area (Å²) in [4.78, 5) is 12.8. The average molecular weight is 339 g/mol. The summed E-state index contributed by atoms with van der Waals surface area (Å²) >= 11 is 3.56. The van der Waals surface area contributed by atoms with E-state index in [9.17, 15) is 4.79 Å². The van der Waals surface area contributed by atoms with Crippen LogP contribution in [0.25, 0.3) is 0 Å². The lowest BCUT2D eigenvalue weighted by atomic mass is 9.75. The Hall–Kier alpha value is -0.870. The maximum atomic E-state index is 12.8. The first-order chi connectivity index (χ1) is 9.36. The van der Waals surface area contributed by atoms with Gasteiger partial charge >= 0.3 is 0 Å². The third kappa shape index (κ3) is 2.77. The molecule has 1 aliphatic rings. The number of hydrogen-bond donors (Lipinski definition) is 2. The molecule has 4 heteroatoms. The van der Waals surface area contributed by atoms with E-state index in [1.54, 1.807) is 0 Å². The minimum absolute atomic E-state index is 0.130. The molecule has 110 valence electrons. The Labute approximate surface area is 129 Å². The zero-order valence-corrected chi connectivity index (χ0v) is 14.2. The van der Waals surface area contributed by atoms with Crippen LogP contribution in [0, 0.1) is 25.2 Å². The Morgan fingerprint density at radius 2 is 2.10 bits per heavy atom. The zero-order valence-electron chi connectivity index (χ0n) is 12.6. The fourth-order valence-corrected chi connectivity index (χ4v) is 3.75. The molecule has 0 spiro atoms. The van der Waals surface area contributed by atoms with E-state index in [1.165, 1.54) is 5.56 Å². The summed E-state index contributed by atoms with van der Waals surface area (Å²) in [6.45, 7) is 10.0. The van der Waals surface area contributed by atoms with Gasteiger partial charge in [-0.1, -0.05) is 19.9 Å². The second kappa shape index (κ2) is 5.86. The van der Waals surface area contributed by atoms with Crippen molar-refractivity contribution in [3.05, 3.63) is 27.7 Å². The predicted octanol–water partition coefficient (Wildman–Crippen LogP) is 3.64. The van der Waals surface area contributed by atoms with Gasteiger partial charge in [-0.3, -0.25) is 4.79 Å². The molecule has 0 aliphatic carbocycles. The standard InChI is InChI=1S/C16H23BrN2O/c1-10(2)16(5-6-18-9-16)15(20)19-14-12(4)7-11(3)8-13(14)17/h7-8,10,18H,5-6,9H2,1-4H3,(H,19,20). The molecule has 1 aliphatic heterocycles. The fourth-order valence-electron chi connectivity index (χ4n) is 2.97. The van der Waals surface area contributed by atoms with Crippen LogP contribution < -0.4 is 10.6 Å². The van der Waals surface area contributed by atoms with Crippen LogP contribution in [0.4, 0.5) is 5.69 Å². The van der Waals surface area contributed by atoms with E-state index >= 15 is 0 Å². The van der Waals surface area contributed by atoms with Crippen molar-refractivity contribution in [3.8, 4) is 0 Å². The molecule has 0 saturated carbocycles. The highest BCUT2D eigenvalue weighted by atomic mass is 79.9. The molecule has 2 N–H and O–H groups in total. The summed E-state index contributed by atoms with van der Waals surface area (Å²) in [6.07, 6.45) is 0.902. The lowest BCUT2D eigenvalue weighted by Gasteiger charge is -2.31. The van der Waals surface area contributed by atoms with E-state index in [0.717, 1.165) is 35.2 Å². The predicted molar refractivity (Wildman–Crippen MR) is 87.0 cm³/mol. The molecule has 1 saturated heterocycles. The van der Waals surface area contributed by atoms with Crippen LogP contribution in [-0.2, 0) is 4.79 Å². The summed E-state index contributed by atoms with van der Waals surface area (Å²) < 4.78 is 0.952. The van der Waals surface area contributed by atoms with Gasteiger partial charge in [-0.2, -0.15) is 0 Å². The molecule has 1 heterocycles. The molecule has 20 heavy (non-hydrogen) atoms. The number of amides is 1. The highest BCUT2D eigenvalue weighted by molar-refractivity contribution is 9.10. The lowest BCUT2D eigenvalue weighted by Crippen LogP contribution is -2.42. The van der Waals surface area contributed by atoms with Crippen LogP contribution in [-0.4, -0.2) is 19.0 Å². The van der Waals surface area contributed by atoms with Gasteiger partial charge in [0.05, 0.1) is 11.1 Å². The van der Waals surface area contributed by atoms with Crippen LogP contribution in [0.3, 0.4) is 0 Å². The maximum Gasteiger partial charge on any atom is 0.232 e. The SMILES string of the molecule is Cc1cc(C)c(NC(=O)C2(C(C)C)CCNC2)c(Br)c1. The first-order valence-electron chi connectivity index (χ1n) is 7.16. The van der Waals surface area contributed by atoms with Gasteiger partial charge in [-0.15, -0.1) is 0 Å². The highest BCUT2D eigenvalue weighted by Crippen LogP contribution is 2.37. The molecule has 3 nitrogen and oxygen atoms in total. The summed E-state index contributed by atoms with van der Waals surface area (Å²) in [5.41, 5.74) is 2.88. The summed E-state index contributed by atoms with van der Waals surface area (Å²) in [5, 5.41) is 6.47. The van der Waals surface area contributed by atoms with Crippen LogP contribution in [0.2, 0.25) is 0 Å². The average Bonchev–Trinajstić information content (AvgIpc) is 2.83. The molecule has 1 aromatic rings. The van der Waals surface area contributed by atoms with E-state index in [0.29, 0.717) is 5.92 Å². The molecule has 0 bridgehead atoms. The van der Waals surface area contributed by atoms with E-state index in [4.69, 9.17) is 0 Å². The number of carbonyl (C=O) groups excluding carboxylic acids is 1. The molecule has 1 atom stereocenters. The zero-order chi connectivity index (χ0) is 14.9. The van der Waals surface area contributed by atoms with E-state index < -0.39 is 0 Å². The number of aryl methyl sites for hydroxylation is 2. The van der Waals surface area contributed by atoms with Gasteiger partial charge in [-0.05, 0) is 65.9 Å². The topological polar surface area (TPSA) is 41.1 Å². The summed E-state index contributed by atoms with van der Waals surface area (Å²) in [7, 11) is 0. The van der Waals surface area contributed by atoms with Crippen LogP contribution in [0.5, 0.6) is 0 Å². The van der Waals surface area contributed by atoms with E-state index in [1.807, 2.05) is 13.0 Å². The van der Waals surface area contributed by atoms with Crippen molar-refractivity contribution in [3.63, 3.8) is 0 Å². The van der Waals surface area contributed by atoms with Gasteiger partial charge in [0, 0.05) is 11.0 Å². The van der Waals surface area contributed by atoms with Gasteiger partial charge in [0.1, 0.15) is 0 Å². The van der Waals surface area contributed by atoms with Crippen molar-refractivity contribution in [2.75, 3.05) is 18.4 Å². The smallest absolute Gasteiger partial charge is 0.232 e. The lowest BCUT2D eigenvalue weighted by molar-refractivity contribution is -0.126. The van der Waals surface area contributed by atoms with Crippen LogP contribution in [0.15, 0.2) is 16.6 Å². The minimum atomic E-state index is -0.295. The number of benzene rings is 1. The monoisotopic (exact) mass is 338 g/mol. The second-order valence-corrected chi connectivity index (χ2v) is 6.98. The normalized spacial score (nSPS) is 22.3. The van der Waals surface area contributed by atoms with Crippen molar-refractivity contribution in [2.24, 2.45) is 11.3 Å². The second-order valence-electron chi connectivity index (χ2n) is 6.13. The highest BCUT2D eigenvalue weighted by Gasteiger charge is 2.44. The third-order valence-corrected chi connectivity index (χ3v) is 5.04. The van der Waals surface area contributed by atoms with E-state index in [-0.39, 0.29) is 11.3 Å². The fraction of sp³-hybridized carbons (Fsp3) is 0.562. The van der Waals surface area contributed by atoms with Gasteiger partial charge in [0.2, 0.25) is 5.91 Å². The quantitative estimate of drug-likeness (QED) is 0.883. The van der Waals surface area contributed by atoms with Gasteiger partial charge < -0.3 is 10.6 Å². The van der Waals surface area contributed by atoms with Crippen LogP contribution >= 0.6 is 15.9 Å². The molecule has 1 fully saturated rings. The summed E-state index contributed by atoms with van der Waals surface area (Å²) in [5.74, 6) is 0.451. The number of carbonyl (C=O) groups is 1. The molecule has 1 amide bonds. The third-order valence-electron chi connectivity index (χ3n) is 4.42. The largest absolute Gasteiger partial charge is 0.324 e. The van der Waals surface area contributed by atoms with E-state index in [2.05, 4.69) is 53.4 Å². The van der Waals surface area contributed by atoms with Crippen molar-refractivity contribution < 1.29 is 4.79 Å². The first-order valence-corrected chi connectivity index (χ1v) is 7.95. The van der Waals surface area contributed by atoms with Gasteiger partial charge in [0.25, 0.3) is 0 Å². The number of nitrogens with one attached hydrogen (secondary N) is 2. The maximum absolute atomic E-state index is 12.8. The van der Waals surface area contributed by atoms with Crippen molar-refractivity contribution in [1.82, 2.24) is 5.32 Å². The number of hydrogen-bond acceptors (Lipinski definition) is 2. The number of halogens is 1. The molecule has 1 unspecified atom stereocenters. The Balaban J connectivity index is 2.28. The Morgan fingerprint density at radius 3 is 2.60 bits per heavy atom. The van der Waals surface area contributed by atoms with Crippen LogP contribution in [0.1, 0.15) is 31.4 Å². The molecule has 2 rings (SSSR count). The molecule has 0 radical (unpaired) electrons. The van der Waals surface area contributed by atoms with Crippen molar-refractivity contribution >= 4 is 27.5 Å². The molecule has 0 aromatic heterocycles. The first kappa shape index (κ1) is 15.5. The van der Waals surface area contributed by atoms with Gasteiger partial charge in [0.15, 0.2) is 0 Å². The Kier molecular flexibility index (Phi) is 4.55. The molecular weight excluding hydrogens is 316 g/mol. The van der Waals surface area contributed by atoms with Gasteiger partial charge in [-0.25, -0.2) is 0 Å². The van der Waals surface area contributed by atoms with Crippen molar-refractivity contribution in [2.45, 2.75) is 34.1 Å². The van der Waals surface area contributed by atoms with Crippen molar-refractivity contribution in [1.29, 1.82) is 0 Å². The molecular formula is C16H23BrN2O. The minimum Gasteiger partial charge on any atom is -0.324 e. The number of anilines is 1. The summed E-state index contributed by atoms with van der Waals surface area (Å²) in [6, 6.07) is 4.13. The Morgan fingerprint density at radius 1 is 1.40 bits per heavy atom. The molecule has 1 aromatic carbocycles.